The molecule has 8 aromatic carbocycles. The van der Waals surface area contributed by atoms with Gasteiger partial charge in [-0.25, -0.2) is 9.97 Å². The summed E-state index contributed by atoms with van der Waals surface area (Å²) in [6.45, 7) is 0.990. The van der Waals surface area contributed by atoms with Crippen molar-refractivity contribution in [2.75, 3.05) is 0 Å². The molecule has 12 heteroatoms. The Balaban J connectivity index is 0.000000109. The van der Waals surface area contributed by atoms with Gasteiger partial charge in [-0.1, -0.05) is 119 Å². The summed E-state index contributed by atoms with van der Waals surface area (Å²) in [5, 5.41) is 22.6. The highest BCUT2D eigenvalue weighted by atomic mass is 79.9. The summed E-state index contributed by atoms with van der Waals surface area (Å²) in [5.41, 5.74) is 11.9. The third kappa shape index (κ3) is 6.33. The molecule has 0 atom stereocenters. The molecule has 2 aliphatic heterocycles. The molecule has 0 unspecified atom stereocenters. The molecule has 10 nitrogen and oxygen atoms in total. The minimum Gasteiger partial charge on any atom is -0.483 e. The van der Waals surface area contributed by atoms with Crippen molar-refractivity contribution >= 4 is 94.5 Å². The van der Waals surface area contributed by atoms with Crippen molar-refractivity contribution in [3.05, 3.63) is 186 Å². The van der Waals surface area contributed by atoms with Gasteiger partial charge in [0.2, 0.25) is 0 Å². The van der Waals surface area contributed by atoms with Crippen LogP contribution < -0.4 is 14.9 Å². The molecule has 0 saturated heterocycles. The fraction of sp³-hybridized carbons (Fsp3) is 0.0385. The standard InChI is InChI=1S/C26H16N2O2.C14H9BrN2O.C12H9BO3/c1-4-11-23-18(6-1)19-8-5-7-17(26(19)30-23)16-12-13-24-22(14-16)28-21-10-3-2-9-20(21)27-25(28)15-29-24;15-9-5-6-13-12(7-9)17-11-4-2-1-3-10(11)16-14(17)8-18-13;14-13(15)10-6-3-5-9-8-4-1-2-7-11(8)16-12(9)10/h1-14H,15H2;1-7H,8H2;1-7,14-15H. The molecule has 2 aliphatic rings. The van der Waals surface area contributed by atoms with Crippen LogP contribution in [0.5, 0.6) is 11.5 Å². The first-order valence-corrected chi connectivity index (χ1v) is 21.6. The second-order valence-corrected chi connectivity index (χ2v) is 16.5. The topological polar surface area (TPSA) is 121 Å². The first-order valence-electron chi connectivity index (χ1n) is 20.8. The summed E-state index contributed by atoms with van der Waals surface area (Å²) in [4.78, 5) is 9.36. The van der Waals surface area contributed by atoms with Crippen LogP contribution in [0.1, 0.15) is 11.6 Å². The van der Waals surface area contributed by atoms with Gasteiger partial charge in [0.15, 0.2) is 11.6 Å². The molecule has 308 valence electrons. The molecule has 0 saturated carbocycles. The number of benzene rings is 8. The van der Waals surface area contributed by atoms with E-state index >= 15 is 0 Å². The van der Waals surface area contributed by atoms with Crippen LogP contribution in [0.2, 0.25) is 0 Å². The van der Waals surface area contributed by atoms with Crippen molar-refractivity contribution in [1.29, 1.82) is 0 Å². The van der Waals surface area contributed by atoms with Gasteiger partial charge in [0.05, 0.1) is 33.4 Å². The summed E-state index contributed by atoms with van der Waals surface area (Å²) < 4.78 is 29.0. The van der Waals surface area contributed by atoms with E-state index in [1.807, 2.05) is 103 Å². The van der Waals surface area contributed by atoms with Crippen molar-refractivity contribution < 1.29 is 28.4 Å². The Morgan fingerprint density at radius 3 is 1.66 bits per heavy atom. The van der Waals surface area contributed by atoms with Crippen molar-refractivity contribution in [2.24, 2.45) is 0 Å². The Morgan fingerprint density at radius 1 is 0.500 bits per heavy atom. The molecule has 0 aliphatic carbocycles. The number of rotatable bonds is 2. The van der Waals surface area contributed by atoms with Crippen LogP contribution in [0.25, 0.3) is 88.4 Å². The Bertz CT molecular complexity index is 3780. The lowest BCUT2D eigenvalue weighted by molar-refractivity contribution is 0.280. The van der Waals surface area contributed by atoms with Gasteiger partial charge in [-0.3, -0.25) is 9.13 Å². The molecule has 2 N–H and O–H groups in total. The molecule has 64 heavy (non-hydrogen) atoms. The van der Waals surface area contributed by atoms with Gasteiger partial charge < -0.3 is 28.4 Å². The van der Waals surface area contributed by atoms with E-state index in [2.05, 4.69) is 84.6 Å². The first kappa shape index (κ1) is 38.1. The summed E-state index contributed by atoms with van der Waals surface area (Å²) in [6.07, 6.45) is 0. The van der Waals surface area contributed by atoms with Crippen molar-refractivity contribution in [3.8, 4) is 34.0 Å². The van der Waals surface area contributed by atoms with E-state index in [-0.39, 0.29) is 0 Å². The fourth-order valence-electron chi connectivity index (χ4n) is 8.88. The Hall–Kier alpha value is -7.64. The van der Waals surface area contributed by atoms with E-state index in [9.17, 15) is 10.0 Å². The zero-order valence-electron chi connectivity index (χ0n) is 33.9. The largest absolute Gasteiger partial charge is 0.492 e. The second kappa shape index (κ2) is 15.3. The summed E-state index contributed by atoms with van der Waals surface area (Å²) in [7, 11) is -1.51. The summed E-state index contributed by atoms with van der Waals surface area (Å²) in [5.74, 6) is 3.63. The number of hydrogen-bond donors (Lipinski definition) is 2. The molecule has 0 bridgehead atoms. The molecule has 6 heterocycles. The minimum absolute atomic E-state index is 0.397. The highest BCUT2D eigenvalue weighted by Crippen LogP contribution is 2.40. The molecule has 12 aromatic rings. The predicted octanol–water partition coefficient (Wildman–Crippen LogP) is 11.4. The minimum atomic E-state index is -1.51. The molecule has 14 rings (SSSR count). The number of aromatic nitrogens is 4. The van der Waals surface area contributed by atoms with E-state index in [1.165, 1.54) is 0 Å². The van der Waals surface area contributed by atoms with Gasteiger partial charge in [0.25, 0.3) is 0 Å². The van der Waals surface area contributed by atoms with E-state index in [0.717, 1.165) is 110 Å². The quantitative estimate of drug-likeness (QED) is 0.165. The van der Waals surface area contributed by atoms with E-state index in [1.54, 1.807) is 12.1 Å². The van der Waals surface area contributed by atoms with Crippen molar-refractivity contribution in [1.82, 2.24) is 19.1 Å². The van der Waals surface area contributed by atoms with Crippen LogP contribution in [0.3, 0.4) is 0 Å². The van der Waals surface area contributed by atoms with E-state index < -0.39 is 7.12 Å². The number of nitrogens with zero attached hydrogens (tertiary/aromatic N) is 4. The van der Waals surface area contributed by atoms with Crippen LogP contribution in [0, 0.1) is 0 Å². The molecule has 4 aromatic heterocycles. The van der Waals surface area contributed by atoms with E-state index in [4.69, 9.17) is 23.3 Å². The highest BCUT2D eigenvalue weighted by molar-refractivity contribution is 9.10. The maximum Gasteiger partial charge on any atom is 0.492 e. The van der Waals surface area contributed by atoms with Gasteiger partial charge in [-0.2, -0.15) is 0 Å². The number of hydrogen-bond acceptors (Lipinski definition) is 8. The van der Waals surface area contributed by atoms with Crippen LogP contribution in [0.15, 0.2) is 183 Å². The Kier molecular flexibility index (Phi) is 9.11. The van der Waals surface area contributed by atoms with Gasteiger partial charge in [0, 0.05) is 37.0 Å². The smallest absolute Gasteiger partial charge is 0.483 e. The number of fused-ring (bicyclic) bond motifs is 16. The Morgan fingerprint density at radius 2 is 1.02 bits per heavy atom. The van der Waals surface area contributed by atoms with Gasteiger partial charge in [-0.05, 0) is 72.3 Å². The maximum atomic E-state index is 9.24. The van der Waals surface area contributed by atoms with Gasteiger partial charge in [0.1, 0.15) is 47.0 Å². The maximum absolute atomic E-state index is 9.24. The zero-order chi connectivity index (χ0) is 42.9. The number of para-hydroxylation sites is 8. The summed E-state index contributed by atoms with van der Waals surface area (Å²) >= 11 is 3.51. The van der Waals surface area contributed by atoms with Crippen LogP contribution in [0.4, 0.5) is 0 Å². The lowest BCUT2D eigenvalue weighted by Crippen LogP contribution is -2.29. The summed E-state index contributed by atoms with van der Waals surface area (Å²) in [6, 6.07) is 56.2. The van der Waals surface area contributed by atoms with E-state index in [0.29, 0.717) is 24.3 Å². The number of halogens is 1. The molecule has 0 radical (unpaired) electrons. The third-order valence-electron chi connectivity index (χ3n) is 11.8. The lowest BCUT2D eigenvalue weighted by Gasteiger charge is -2.21. The van der Waals surface area contributed by atoms with Crippen molar-refractivity contribution in [2.45, 2.75) is 13.2 Å². The number of ether oxygens (including phenoxy) is 2. The van der Waals surface area contributed by atoms with Crippen LogP contribution in [-0.2, 0) is 13.2 Å². The Labute approximate surface area is 373 Å². The lowest BCUT2D eigenvalue weighted by atomic mass is 9.79. The number of imidazole rings is 2. The highest BCUT2D eigenvalue weighted by Gasteiger charge is 2.24. The molecule has 0 spiro atoms. The zero-order valence-corrected chi connectivity index (χ0v) is 35.4. The average Bonchev–Trinajstić information content (AvgIpc) is 4.12. The molecular weight excluding hydrogens is 867 g/mol. The van der Waals surface area contributed by atoms with Crippen molar-refractivity contribution in [3.63, 3.8) is 0 Å². The predicted molar refractivity (Wildman–Crippen MR) is 255 cm³/mol. The SMILES string of the molecule is Brc1ccc2c(c1)-n1c(nc3ccccc31)CO2.OB(O)c1cccc2c1oc1ccccc12.c1ccc2c(c1)nc1n2-c2cc(-c3cccc4c3oc3ccccc34)ccc2OC1. The normalized spacial score (nSPS) is 12.4. The average molecular weight is 902 g/mol. The third-order valence-corrected chi connectivity index (χ3v) is 12.3. The fourth-order valence-corrected chi connectivity index (χ4v) is 9.23. The molecular formula is C52H34BBrN4O6. The van der Waals surface area contributed by atoms with Crippen LogP contribution >= 0.6 is 15.9 Å². The molecule has 0 fully saturated rings. The van der Waals surface area contributed by atoms with Gasteiger partial charge in [-0.15, -0.1) is 0 Å². The first-order chi connectivity index (χ1) is 31.5. The second-order valence-electron chi connectivity index (χ2n) is 15.6. The molecule has 0 amide bonds. The van der Waals surface area contributed by atoms with Gasteiger partial charge >= 0.3 is 7.12 Å². The van der Waals surface area contributed by atoms with Crippen LogP contribution in [-0.4, -0.2) is 36.3 Å². The monoisotopic (exact) mass is 900 g/mol. The number of furan rings is 2.